The second kappa shape index (κ2) is 9.41. The van der Waals surface area contributed by atoms with Gasteiger partial charge in [0.2, 0.25) is 17.6 Å². The van der Waals surface area contributed by atoms with Crippen LogP contribution in [0.4, 0.5) is 11.8 Å². The summed E-state index contributed by atoms with van der Waals surface area (Å²) in [4.78, 5) is 32.3. The molecule has 11 nitrogen and oxygen atoms in total. The predicted molar refractivity (Wildman–Crippen MR) is 140 cm³/mol. The molecular weight excluding hydrogens is 472 g/mol. The number of imidazole rings is 1. The number of hydrogen-bond donors (Lipinski definition) is 3. The van der Waals surface area contributed by atoms with Crippen LogP contribution in [0.1, 0.15) is 72.1 Å². The lowest BCUT2D eigenvalue weighted by Crippen LogP contribution is -2.32. The minimum Gasteiger partial charge on any atom is -0.388 e. The van der Waals surface area contributed by atoms with Gasteiger partial charge in [-0.25, -0.2) is 14.8 Å². The molecule has 0 amide bonds. The summed E-state index contributed by atoms with van der Waals surface area (Å²) in [7, 11) is 0. The van der Waals surface area contributed by atoms with Crippen molar-refractivity contribution in [1.29, 1.82) is 0 Å². The Bertz CT molecular complexity index is 1320. The number of aromatic amines is 1. The van der Waals surface area contributed by atoms with Crippen LogP contribution in [0.3, 0.4) is 0 Å². The van der Waals surface area contributed by atoms with Crippen molar-refractivity contribution >= 4 is 22.9 Å². The molecule has 11 heteroatoms. The van der Waals surface area contributed by atoms with Gasteiger partial charge in [-0.15, -0.1) is 4.98 Å². The molecule has 3 N–H and O–H groups in total. The number of hydrogen-bond acceptors (Lipinski definition) is 9. The van der Waals surface area contributed by atoms with Gasteiger partial charge in [-0.05, 0) is 63.7 Å². The highest BCUT2D eigenvalue weighted by Gasteiger charge is 2.36. The maximum atomic E-state index is 11.6. The van der Waals surface area contributed by atoms with E-state index in [-0.39, 0.29) is 17.7 Å². The van der Waals surface area contributed by atoms with E-state index < -0.39 is 11.4 Å². The van der Waals surface area contributed by atoms with Gasteiger partial charge in [0.15, 0.2) is 11.5 Å². The number of nitrogens with zero attached hydrogens (tertiary/aromatic N) is 6. The second-order valence-electron chi connectivity index (χ2n) is 11.9. The van der Waals surface area contributed by atoms with Gasteiger partial charge in [-0.1, -0.05) is 26.2 Å². The monoisotopic (exact) mass is 510 g/mol. The standard InChI is InChI=1S/C26H38N8O3/c1-15-7-9-17(10-8-15)13-34-19-20(27-16(2)18-5-4-6-18)28-22(23-31-25(35)37-32-23)29-21(19)30-24(34)33-12-11-26(3,36)14-33/h15-18,36H,4-14H2,1-3H3,(H,27,28,29)(H,31,32,35)/t15?,16-,17?,26?/m1/s1. The molecule has 37 heavy (non-hydrogen) atoms. The van der Waals surface area contributed by atoms with Gasteiger partial charge in [0.05, 0.1) is 5.60 Å². The van der Waals surface area contributed by atoms with Crippen LogP contribution in [0.15, 0.2) is 9.32 Å². The Morgan fingerprint density at radius 1 is 1.16 bits per heavy atom. The summed E-state index contributed by atoms with van der Waals surface area (Å²) in [6, 6.07) is 0.242. The first kappa shape index (κ1) is 24.4. The molecule has 1 unspecified atom stereocenters. The third-order valence-electron chi connectivity index (χ3n) is 8.76. The zero-order valence-electron chi connectivity index (χ0n) is 22.0. The topological polar surface area (TPSA) is 138 Å². The molecule has 200 valence electrons. The Morgan fingerprint density at radius 3 is 2.57 bits per heavy atom. The first-order valence-corrected chi connectivity index (χ1v) is 13.8. The average molecular weight is 511 g/mol. The smallest absolute Gasteiger partial charge is 0.388 e. The minimum absolute atomic E-state index is 0.188. The molecule has 3 aromatic heterocycles. The first-order valence-electron chi connectivity index (χ1n) is 13.8. The number of anilines is 2. The van der Waals surface area contributed by atoms with E-state index in [1.807, 2.05) is 6.92 Å². The van der Waals surface area contributed by atoms with Gasteiger partial charge in [-0.2, -0.15) is 10.1 Å². The lowest BCUT2D eigenvalue weighted by molar-refractivity contribution is 0.0838. The van der Waals surface area contributed by atoms with Crippen LogP contribution < -0.4 is 16.0 Å². The fraction of sp³-hybridized carbons (Fsp3) is 0.731. The van der Waals surface area contributed by atoms with Crippen molar-refractivity contribution in [2.24, 2.45) is 17.8 Å². The third-order valence-corrected chi connectivity index (χ3v) is 8.76. The maximum absolute atomic E-state index is 11.6. The highest BCUT2D eigenvalue weighted by molar-refractivity contribution is 5.87. The van der Waals surface area contributed by atoms with Crippen LogP contribution in [-0.4, -0.2) is 59.5 Å². The van der Waals surface area contributed by atoms with Crippen LogP contribution in [0, 0.1) is 17.8 Å². The Balaban J connectivity index is 1.47. The molecule has 3 aromatic rings. The van der Waals surface area contributed by atoms with E-state index in [2.05, 4.69) is 38.8 Å². The van der Waals surface area contributed by atoms with E-state index >= 15 is 0 Å². The Hall–Kier alpha value is -2.95. The largest absolute Gasteiger partial charge is 0.460 e. The quantitative estimate of drug-likeness (QED) is 0.435. The number of β-amino-alcohol motifs (C(OH)–C–C–N with tert-alkyl or cyclic N) is 1. The normalized spacial score (nSPS) is 27.5. The second-order valence-corrected chi connectivity index (χ2v) is 11.9. The number of nitrogens with one attached hydrogen (secondary N) is 2. The zero-order valence-corrected chi connectivity index (χ0v) is 22.0. The molecule has 1 saturated heterocycles. The molecule has 0 aromatic carbocycles. The fourth-order valence-corrected chi connectivity index (χ4v) is 6.13. The number of fused-ring (bicyclic) bond motifs is 1. The maximum Gasteiger partial charge on any atom is 0.460 e. The Morgan fingerprint density at radius 2 is 1.95 bits per heavy atom. The highest BCUT2D eigenvalue weighted by Crippen LogP contribution is 2.37. The van der Waals surface area contributed by atoms with Crippen LogP contribution in [-0.2, 0) is 6.54 Å². The van der Waals surface area contributed by atoms with Crippen LogP contribution in [0.5, 0.6) is 0 Å². The molecule has 4 heterocycles. The molecule has 3 fully saturated rings. The lowest BCUT2D eigenvalue weighted by Gasteiger charge is -2.32. The van der Waals surface area contributed by atoms with Gasteiger partial charge < -0.3 is 24.4 Å². The summed E-state index contributed by atoms with van der Waals surface area (Å²) in [6.07, 6.45) is 9.25. The van der Waals surface area contributed by atoms with Crippen molar-refractivity contribution in [3.63, 3.8) is 0 Å². The molecule has 0 radical (unpaired) electrons. The molecule has 2 atom stereocenters. The number of H-pyrrole nitrogens is 1. The molecule has 3 aliphatic rings. The fourth-order valence-electron chi connectivity index (χ4n) is 6.13. The summed E-state index contributed by atoms with van der Waals surface area (Å²) in [5.41, 5.74) is 0.684. The molecule has 2 saturated carbocycles. The first-order chi connectivity index (χ1) is 17.8. The minimum atomic E-state index is -0.750. The van der Waals surface area contributed by atoms with Gasteiger partial charge in [-0.3, -0.25) is 0 Å². The van der Waals surface area contributed by atoms with Crippen LogP contribution >= 0.6 is 0 Å². The zero-order chi connectivity index (χ0) is 25.7. The van der Waals surface area contributed by atoms with Crippen molar-refractivity contribution in [3.8, 4) is 11.6 Å². The van der Waals surface area contributed by atoms with Crippen molar-refractivity contribution < 1.29 is 9.63 Å². The molecule has 0 spiro atoms. The summed E-state index contributed by atoms with van der Waals surface area (Å²) in [5.74, 6) is 3.21. The average Bonchev–Trinajstić information content (AvgIpc) is 3.50. The lowest BCUT2D eigenvalue weighted by atomic mass is 9.80. The van der Waals surface area contributed by atoms with Crippen molar-refractivity contribution in [2.45, 2.75) is 90.3 Å². The van der Waals surface area contributed by atoms with E-state index in [1.165, 1.54) is 44.9 Å². The summed E-state index contributed by atoms with van der Waals surface area (Å²) in [5, 5.41) is 17.0. The summed E-state index contributed by atoms with van der Waals surface area (Å²) < 4.78 is 7.09. The number of rotatable bonds is 7. The molecule has 2 aliphatic carbocycles. The van der Waals surface area contributed by atoms with E-state index in [0.717, 1.165) is 30.5 Å². The molecule has 0 bridgehead atoms. The van der Waals surface area contributed by atoms with Crippen LogP contribution in [0.2, 0.25) is 0 Å². The highest BCUT2D eigenvalue weighted by atomic mass is 16.5. The van der Waals surface area contributed by atoms with Gasteiger partial charge in [0, 0.05) is 25.7 Å². The third kappa shape index (κ3) is 4.85. The summed E-state index contributed by atoms with van der Waals surface area (Å²) in [6.45, 7) is 8.53. The number of aromatic nitrogens is 6. The van der Waals surface area contributed by atoms with Crippen molar-refractivity contribution in [2.75, 3.05) is 23.3 Å². The molecule has 6 rings (SSSR count). The van der Waals surface area contributed by atoms with E-state index in [1.54, 1.807) is 0 Å². The van der Waals surface area contributed by atoms with Gasteiger partial charge >= 0.3 is 5.76 Å². The van der Waals surface area contributed by atoms with E-state index in [9.17, 15) is 9.90 Å². The van der Waals surface area contributed by atoms with E-state index in [0.29, 0.717) is 36.3 Å². The Kier molecular flexibility index (Phi) is 6.21. The van der Waals surface area contributed by atoms with Gasteiger partial charge in [0.25, 0.3) is 0 Å². The summed E-state index contributed by atoms with van der Waals surface area (Å²) >= 11 is 0. The van der Waals surface area contributed by atoms with Crippen molar-refractivity contribution in [3.05, 3.63) is 10.6 Å². The number of aliphatic hydroxyl groups is 1. The predicted octanol–water partition coefficient (Wildman–Crippen LogP) is 3.56. The van der Waals surface area contributed by atoms with Crippen molar-refractivity contribution in [1.82, 2.24) is 29.7 Å². The van der Waals surface area contributed by atoms with Crippen LogP contribution in [0.25, 0.3) is 22.8 Å². The molecule has 1 aliphatic heterocycles. The Labute approximate surface area is 216 Å². The molecular formula is C26H38N8O3. The SMILES string of the molecule is CC1CCC(Cn2c(N3CCC(C)(O)C3)nc3nc(-c4nc(=O)o[nH]4)nc(N[C@H](C)C4CCC4)c32)CC1. The van der Waals surface area contributed by atoms with Gasteiger partial charge in [0.1, 0.15) is 5.52 Å². The van der Waals surface area contributed by atoms with E-state index in [4.69, 9.17) is 19.5 Å².